The van der Waals surface area contributed by atoms with E-state index in [1.807, 2.05) is 7.11 Å². The van der Waals surface area contributed by atoms with Crippen LogP contribution in [0.15, 0.2) is 24.3 Å². The molecule has 2 nitrogen and oxygen atoms in total. The fraction of sp³-hybridized carbons (Fsp3) is 0.625. The van der Waals surface area contributed by atoms with Crippen LogP contribution in [0.5, 0.6) is 0 Å². The highest BCUT2D eigenvalue weighted by Crippen LogP contribution is 2.48. The van der Waals surface area contributed by atoms with Gasteiger partial charge in [0.25, 0.3) is 0 Å². The van der Waals surface area contributed by atoms with E-state index in [2.05, 4.69) is 29.6 Å². The molecule has 98 valence electrons. The van der Waals surface area contributed by atoms with E-state index in [4.69, 9.17) is 4.74 Å². The Labute approximate surface area is 110 Å². The van der Waals surface area contributed by atoms with E-state index in [9.17, 15) is 0 Å². The summed E-state index contributed by atoms with van der Waals surface area (Å²) >= 11 is 0. The topological polar surface area (TPSA) is 21.3 Å². The standard InChI is InChI=1S/C16H23NO/c1-18-12-16(8-9-16)15-6-4-13(5-7-15)14-3-2-10-17-11-14/h4-7,14,17H,2-3,8-12H2,1H3. The molecule has 1 N–H and O–H groups in total. The summed E-state index contributed by atoms with van der Waals surface area (Å²) in [6.45, 7) is 3.20. The molecule has 0 spiro atoms. The molecule has 1 atom stereocenters. The van der Waals surface area contributed by atoms with Crippen molar-refractivity contribution < 1.29 is 4.74 Å². The van der Waals surface area contributed by atoms with Gasteiger partial charge < -0.3 is 10.1 Å². The van der Waals surface area contributed by atoms with Gasteiger partial charge in [0.2, 0.25) is 0 Å². The van der Waals surface area contributed by atoms with Gasteiger partial charge in [0.05, 0.1) is 6.61 Å². The summed E-state index contributed by atoms with van der Waals surface area (Å²) in [6.07, 6.45) is 5.20. The van der Waals surface area contributed by atoms with Crippen molar-refractivity contribution in [2.75, 3.05) is 26.8 Å². The first-order valence-corrected chi connectivity index (χ1v) is 7.14. The third kappa shape index (κ3) is 2.32. The van der Waals surface area contributed by atoms with Gasteiger partial charge in [0, 0.05) is 19.1 Å². The molecule has 1 aliphatic heterocycles. The summed E-state index contributed by atoms with van der Waals surface area (Å²) in [6, 6.07) is 9.33. The zero-order valence-electron chi connectivity index (χ0n) is 11.2. The summed E-state index contributed by atoms with van der Waals surface area (Å²) in [5.41, 5.74) is 3.31. The molecule has 1 unspecified atom stereocenters. The van der Waals surface area contributed by atoms with Gasteiger partial charge in [-0.25, -0.2) is 0 Å². The maximum atomic E-state index is 5.36. The third-order valence-electron chi connectivity index (χ3n) is 4.57. The minimum Gasteiger partial charge on any atom is -0.384 e. The largest absolute Gasteiger partial charge is 0.384 e. The fourth-order valence-corrected chi connectivity index (χ4v) is 3.19. The number of nitrogens with one attached hydrogen (secondary N) is 1. The first-order valence-electron chi connectivity index (χ1n) is 7.14. The predicted molar refractivity (Wildman–Crippen MR) is 74.1 cm³/mol. The van der Waals surface area contributed by atoms with Crippen molar-refractivity contribution in [1.29, 1.82) is 0 Å². The molecule has 2 aliphatic rings. The van der Waals surface area contributed by atoms with Crippen LogP contribution in [0, 0.1) is 0 Å². The second-order valence-electron chi connectivity index (χ2n) is 5.88. The lowest BCUT2D eigenvalue weighted by Crippen LogP contribution is -2.28. The Balaban J connectivity index is 1.72. The van der Waals surface area contributed by atoms with Gasteiger partial charge in [-0.3, -0.25) is 0 Å². The number of rotatable bonds is 4. The second-order valence-corrected chi connectivity index (χ2v) is 5.88. The molecule has 1 saturated carbocycles. The Hall–Kier alpha value is -0.860. The highest BCUT2D eigenvalue weighted by Gasteiger charge is 2.44. The van der Waals surface area contributed by atoms with Crippen LogP contribution in [-0.4, -0.2) is 26.8 Å². The molecule has 1 aromatic rings. The molecule has 0 bridgehead atoms. The van der Waals surface area contributed by atoms with Crippen molar-refractivity contribution in [2.45, 2.75) is 37.0 Å². The number of piperidine rings is 1. The van der Waals surface area contributed by atoms with Crippen molar-refractivity contribution >= 4 is 0 Å². The van der Waals surface area contributed by atoms with E-state index in [1.165, 1.54) is 43.4 Å². The fourth-order valence-electron chi connectivity index (χ4n) is 3.19. The van der Waals surface area contributed by atoms with Crippen LogP contribution in [0.1, 0.15) is 42.7 Å². The molecule has 1 heterocycles. The number of benzene rings is 1. The number of ether oxygens (including phenoxy) is 1. The smallest absolute Gasteiger partial charge is 0.0559 e. The van der Waals surface area contributed by atoms with Gasteiger partial charge >= 0.3 is 0 Å². The van der Waals surface area contributed by atoms with Crippen LogP contribution < -0.4 is 5.32 Å². The number of hydrogen-bond acceptors (Lipinski definition) is 2. The van der Waals surface area contributed by atoms with Gasteiger partial charge in [-0.1, -0.05) is 24.3 Å². The van der Waals surface area contributed by atoms with E-state index in [1.54, 1.807) is 0 Å². The highest BCUT2D eigenvalue weighted by molar-refractivity contribution is 5.35. The van der Waals surface area contributed by atoms with Crippen molar-refractivity contribution in [2.24, 2.45) is 0 Å². The first-order chi connectivity index (χ1) is 8.84. The minimum absolute atomic E-state index is 0.345. The number of methoxy groups -OCH3 is 1. The molecule has 1 aliphatic carbocycles. The van der Waals surface area contributed by atoms with Crippen LogP contribution in [-0.2, 0) is 10.2 Å². The zero-order valence-corrected chi connectivity index (χ0v) is 11.2. The Morgan fingerprint density at radius 2 is 2.06 bits per heavy atom. The van der Waals surface area contributed by atoms with Gasteiger partial charge in [-0.15, -0.1) is 0 Å². The quantitative estimate of drug-likeness (QED) is 0.880. The summed E-state index contributed by atoms with van der Waals surface area (Å²) in [4.78, 5) is 0. The minimum atomic E-state index is 0.345. The molecular formula is C16H23NO. The summed E-state index contributed by atoms with van der Waals surface area (Å²) in [5.74, 6) is 0.713. The van der Waals surface area contributed by atoms with Crippen molar-refractivity contribution in [3.05, 3.63) is 35.4 Å². The van der Waals surface area contributed by atoms with Crippen molar-refractivity contribution in [3.63, 3.8) is 0 Å². The van der Waals surface area contributed by atoms with Crippen molar-refractivity contribution in [3.8, 4) is 0 Å². The summed E-state index contributed by atoms with van der Waals surface area (Å²) in [7, 11) is 1.81. The van der Waals surface area contributed by atoms with E-state index in [0.717, 1.165) is 13.2 Å². The average Bonchev–Trinajstić information content (AvgIpc) is 3.21. The van der Waals surface area contributed by atoms with Crippen LogP contribution >= 0.6 is 0 Å². The van der Waals surface area contributed by atoms with Crippen LogP contribution in [0.3, 0.4) is 0 Å². The highest BCUT2D eigenvalue weighted by atomic mass is 16.5. The van der Waals surface area contributed by atoms with E-state index in [-0.39, 0.29) is 0 Å². The zero-order chi connectivity index (χ0) is 12.4. The Morgan fingerprint density at radius 3 is 2.61 bits per heavy atom. The molecule has 3 rings (SSSR count). The Kier molecular flexibility index (Phi) is 3.40. The molecular weight excluding hydrogens is 222 g/mol. The maximum Gasteiger partial charge on any atom is 0.0559 e. The number of hydrogen-bond donors (Lipinski definition) is 1. The average molecular weight is 245 g/mol. The van der Waals surface area contributed by atoms with Gasteiger partial charge in [0.1, 0.15) is 0 Å². The van der Waals surface area contributed by atoms with Crippen LogP contribution in [0.25, 0.3) is 0 Å². The van der Waals surface area contributed by atoms with Crippen molar-refractivity contribution in [1.82, 2.24) is 5.32 Å². The molecule has 0 amide bonds. The maximum absolute atomic E-state index is 5.36. The Bertz CT molecular complexity index is 388. The van der Waals surface area contributed by atoms with Crippen LogP contribution in [0.4, 0.5) is 0 Å². The lowest BCUT2D eigenvalue weighted by molar-refractivity contribution is 0.171. The second kappa shape index (κ2) is 5.02. The molecule has 0 aromatic heterocycles. The molecule has 1 saturated heterocycles. The van der Waals surface area contributed by atoms with E-state index in [0.29, 0.717) is 11.3 Å². The normalized spacial score (nSPS) is 25.9. The lowest BCUT2D eigenvalue weighted by Gasteiger charge is -2.24. The SMILES string of the molecule is COCC1(c2ccc(C3CCCNC3)cc2)CC1. The van der Waals surface area contributed by atoms with E-state index < -0.39 is 0 Å². The molecule has 0 radical (unpaired) electrons. The Morgan fingerprint density at radius 1 is 1.28 bits per heavy atom. The van der Waals surface area contributed by atoms with Gasteiger partial charge in [-0.05, 0) is 49.3 Å². The van der Waals surface area contributed by atoms with E-state index >= 15 is 0 Å². The first kappa shape index (κ1) is 12.2. The molecule has 2 fully saturated rings. The monoisotopic (exact) mass is 245 g/mol. The summed E-state index contributed by atoms with van der Waals surface area (Å²) < 4.78 is 5.36. The van der Waals surface area contributed by atoms with Crippen LogP contribution in [0.2, 0.25) is 0 Å². The van der Waals surface area contributed by atoms with Gasteiger partial charge in [0.15, 0.2) is 0 Å². The molecule has 2 heteroatoms. The predicted octanol–water partition coefficient (Wildman–Crippen LogP) is 2.83. The summed E-state index contributed by atoms with van der Waals surface area (Å²) in [5, 5.41) is 3.49. The molecule has 1 aromatic carbocycles. The van der Waals surface area contributed by atoms with Gasteiger partial charge in [-0.2, -0.15) is 0 Å². The third-order valence-corrected chi connectivity index (χ3v) is 4.57. The lowest BCUT2D eigenvalue weighted by atomic mass is 9.89. The molecule has 18 heavy (non-hydrogen) atoms.